The zero-order valence-electron chi connectivity index (χ0n) is 20.8. The van der Waals surface area contributed by atoms with Crippen molar-refractivity contribution >= 4 is 0 Å². The highest BCUT2D eigenvalue weighted by Gasteiger charge is 2.48. The van der Waals surface area contributed by atoms with Gasteiger partial charge in [-0.05, 0) is 38.5 Å². The number of aliphatic hydroxyl groups is 1. The Labute approximate surface area is 183 Å². The van der Waals surface area contributed by atoms with Crippen molar-refractivity contribution in [2.24, 2.45) is 23.7 Å². The summed E-state index contributed by atoms with van der Waals surface area (Å²) in [6.45, 7) is 23.2. The van der Waals surface area contributed by atoms with Gasteiger partial charge >= 0.3 is 0 Å². The van der Waals surface area contributed by atoms with E-state index in [1.807, 2.05) is 0 Å². The number of nitrogens with zero attached hydrogens (tertiary/aromatic N) is 2. The van der Waals surface area contributed by atoms with Crippen LogP contribution in [0.3, 0.4) is 0 Å². The van der Waals surface area contributed by atoms with Crippen LogP contribution < -0.4 is 0 Å². The number of rotatable bonds is 13. The third-order valence-corrected chi connectivity index (χ3v) is 8.96. The fourth-order valence-electron chi connectivity index (χ4n) is 7.38. The molecule has 0 aliphatic carbocycles. The number of hydrogen-bond acceptors (Lipinski definition) is 1. The van der Waals surface area contributed by atoms with Crippen molar-refractivity contribution in [3.05, 3.63) is 0 Å². The average Bonchev–Trinajstić information content (AvgIpc) is 3.27. The molecule has 0 bridgehead atoms. The molecule has 3 nitrogen and oxygen atoms in total. The van der Waals surface area contributed by atoms with E-state index >= 15 is 0 Å². The predicted molar refractivity (Wildman–Crippen MR) is 126 cm³/mol. The standard InChI is InChI=1S/C26H54N2O/c1-7-15-27(18-22(9-3)23(10-4)19-27)17-13-14-26(29)28(16-8-2)20-24(11-5)25(12-6)21-28/h22-26,29H,7-21H2,1-6H3/q+2. The molecule has 0 radical (unpaired) electrons. The van der Waals surface area contributed by atoms with E-state index in [1.165, 1.54) is 95.2 Å². The Kier molecular flexibility index (Phi) is 9.96. The number of aliphatic hydroxyl groups excluding tert-OH is 1. The van der Waals surface area contributed by atoms with Gasteiger partial charge in [0.05, 0.1) is 45.8 Å². The van der Waals surface area contributed by atoms with Crippen LogP contribution in [0.1, 0.15) is 92.9 Å². The van der Waals surface area contributed by atoms with Crippen LogP contribution in [-0.2, 0) is 0 Å². The lowest BCUT2D eigenvalue weighted by atomic mass is 9.92. The molecule has 172 valence electrons. The zero-order valence-corrected chi connectivity index (χ0v) is 20.8. The number of hydrogen-bond donors (Lipinski definition) is 1. The fourth-order valence-corrected chi connectivity index (χ4v) is 7.38. The third-order valence-electron chi connectivity index (χ3n) is 8.96. The van der Waals surface area contributed by atoms with Gasteiger partial charge in [0.15, 0.2) is 6.23 Å². The van der Waals surface area contributed by atoms with Crippen LogP contribution in [0.25, 0.3) is 0 Å². The van der Waals surface area contributed by atoms with Crippen LogP contribution in [0.4, 0.5) is 0 Å². The predicted octanol–water partition coefficient (Wildman–Crippen LogP) is 5.67. The van der Waals surface area contributed by atoms with Gasteiger partial charge in [-0.25, -0.2) is 0 Å². The van der Waals surface area contributed by atoms with Crippen molar-refractivity contribution in [2.45, 2.75) is 99.1 Å². The summed E-state index contributed by atoms with van der Waals surface area (Å²) >= 11 is 0. The van der Waals surface area contributed by atoms with Gasteiger partial charge < -0.3 is 9.59 Å². The van der Waals surface area contributed by atoms with Crippen molar-refractivity contribution in [3.63, 3.8) is 0 Å². The molecule has 0 amide bonds. The summed E-state index contributed by atoms with van der Waals surface area (Å²) in [4.78, 5) is 0. The van der Waals surface area contributed by atoms with E-state index in [1.54, 1.807) is 0 Å². The van der Waals surface area contributed by atoms with E-state index in [2.05, 4.69) is 41.5 Å². The Bertz CT molecular complexity index is 442. The van der Waals surface area contributed by atoms with Crippen molar-refractivity contribution in [1.29, 1.82) is 0 Å². The van der Waals surface area contributed by atoms with Crippen LogP contribution in [0.2, 0.25) is 0 Å². The van der Waals surface area contributed by atoms with E-state index in [0.29, 0.717) is 0 Å². The Balaban J connectivity index is 1.99. The summed E-state index contributed by atoms with van der Waals surface area (Å²) < 4.78 is 2.33. The molecule has 2 saturated heterocycles. The van der Waals surface area contributed by atoms with Gasteiger partial charge in [-0.1, -0.05) is 41.5 Å². The van der Waals surface area contributed by atoms with E-state index in [4.69, 9.17) is 0 Å². The molecule has 0 aromatic heterocycles. The summed E-state index contributed by atoms with van der Waals surface area (Å²) in [6, 6.07) is 0. The first-order valence-electron chi connectivity index (χ1n) is 13.3. The second-order valence-corrected chi connectivity index (χ2v) is 10.8. The molecule has 0 aromatic carbocycles. The SMILES string of the molecule is CCC[N+]1(CCCC(O)[N+]2(CCC)CC(CC)C(CC)C2)CC(CC)C(CC)C1. The van der Waals surface area contributed by atoms with E-state index in [-0.39, 0.29) is 6.23 Å². The molecule has 5 atom stereocenters. The van der Waals surface area contributed by atoms with Gasteiger partial charge in [0.25, 0.3) is 0 Å². The van der Waals surface area contributed by atoms with Gasteiger partial charge in [0.2, 0.25) is 0 Å². The topological polar surface area (TPSA) is 20.2 Å². The zero-order chi connectivity index (χ0) is 21.5. The maximum atomic E-state index is 11.4. The highest BCUT2D eigenvalue weighted by Crippen LogP contribution is 2.38. The molecule has 1 N–H and O–H groups in total. The van der Waals surface area contributed by atoms with E-state index in [9.17, 15) is 5.11 Å². The first kappa shape index (κ1) is 25.1. The molecular formula is C26H54N2O+2. The Hall–Kier alpha value is -0.120. The van der Waals surface area contributed by atoms with Crippen molar-refractivity contribution in [2.75, 3.05) is 45.8 Å². The smallest absolute Gasteiger partial charge is 0.190 e. The van der Waals surface area contributed by atoms with Crippen LogP contribution in [-0.4, -0.2) is 66.1 Å². The van der Waals surface area contributed by atoms with Gasteiger partial charge in [-0.15, -0.1) is 0 Å². The summed E-state index contributed by atoms with van der Waals surface area (Å²) in [6.07, 6.45) is 9.79. The second kappa shape index (κ2) is 11.5. The molecule has 2 fully saturated rings. The average molecular weight is 411 g/mol. The van der Waals surface area contributed by atoms with Gasteiger partial charge in [0, 0.05) is 36.5 Å². The van der Waals surface area contributed by atoms with Crippen molar-refractivity contribution < 1.29 is 14.1 Å². The maximum Gasteiger partial charge on any atom is 0.190 e. The molecule has 2 heterocycles. The van der Waals surface area contributed by atoms with Crippen LogP contribution in [0, 0.1) is 23.7 Å². The lowest BCUT2D eigenvalue weighted by Gasteiger charge is -2.40. The van der Waals surface area contributed by atoms with E-state index in [0.717, 1.165) is 34.6 Å². The summed E-state index contributed by atoms with van der Waals surface area (Å²) in [7, 11) is 0. The van der Waals surface area contributed by atoms with E-state index < -0.39 is 0 Å². The van der Waals surface area contributed by atoms with Crippen LogP contribution >= 0.6 is 0 Å². The first-order valence-corrected chi connectivity index (χ1v) is 13.3. The quantitative estimate of drug-likeness (QED) is 0.388. The molecule has 0 spiro atoms. The number of quaternary nitrogens is 2. The largest absolute Gasteiger partial charge is 0.345 e. The second-order valence-electron chi connectivity index (χ2n) is 10.8. The third kappa shape index (κ3) is 5.77. The molecule has 5 unspecified atom stereocenters. The lowest BCUT2D eigenvalue weighted by molar-refractivity contribution is -0.964. The van der Waals surface area contributed by atoms with Gasteiger partial charge in [-0.3, -0.25) is 4.48 Å². The Morgan fingerprint density at radius 2 is 1.10 bits per heavy atom. The summed E-state index contributed by atoms with van der Waals surface area (Å²) in [5, 5.41) is 11.4. The summed E-state index contributed by atoms with van der Waals surface area (Å²) in [5.74, 6) is 3.47. The molecule has 0 aromatic rings. The fraction of sp³-hybridized carbons (Fsp3) is 1.00. The minimum atomic E-state index is -0.145. The minimum Gasteiger partial charge on any atom is -0.345 e. The monoisotopic (exact) mass is 410 g/mol. The molecule has 29 heavy (non-hydrogen) atoms. The van der Waals surface area contributed by atoms with Gasteiger partial charge in [0.1, 0.15) is 0 Å². The highest BCUT2D eigenvalue weighted by molar-refractivity contribution is 4.77. The van der Waals surface area contributed by atoms with Gasteiger partial charge in [-0.2, -0.15) is 0 Å². The number of likely N-dealkylation sites (tertiary alicyclic amines) is 2. The van der Waals surface area contributed by atoms with Crippen LogP contribution in [0.5, 0.6) is 0 Å². The first-order chi connectivity index (χ1) is 13.9. The normalized spacial score (nSPS) is 38.6. The van der Waals surface area contributed by atoms with Crippen LogP contribution in [0.15, 0.2) is 0 Å². The van der Waals surface area contributed by atoms with Crippen molar-refractivity contribution in [1.82, 2.24) is 0 Å². The molecule has 2 rings (SSSR count). The lowest BCUT2D eigenvalue weighted by Crippen LogP contribution is -2.55. The molecule has 2 aliphatic heterocycles. The highest BCUT2D eigenvalue weighted by atomic mass is 16.3. The molecule has 0 saturated carbocycles. The van der Waals surface area contributed by atoms with Crippen molar-refractivity contribution in [3.8, 4) is 0 Å². The molecule has 2 aliphatic rings. The minimum absolute atomic E-state index is 0.145. The Morgan fingerprint density at radius 3 is 1.52 bits per heavy atom. The molecular weight excluding hydrogens is 356 g/mol. The maximum absolute atomic E-state index is 11.4. The molecule has 3 heteroatoms. The Morgan fingerprint density at radius 1 is 0.655 bits per heavy atom. The summed E-state index contributed by atoms with van der Waals surface area (Å²) in [5.41, 5.74) is 0.